The number of cyclic esters (lactones) is 1. The van der Waals surface area contributed by atoms with Crippen molar-refractivity contribution >= 4 is 23.5 Å². The third-order valence-electron chi connectivity index (χ3n) is 4.62. The highest BCUT2D eigenvalue weighted by molar-refractivity contribution is 6.36. The van der Waals surface area contributed by atoms with Gasteiger partial charge in [-0.15, -0.1) is 0 Å². The van der Waals surface area contributed by atoms with Crippen molar-refractivity contribution in [3.8, 4) is 17.2 Å². The molecule has 0 spiro atoms. The zero-order valence-corrected chi connectivity index (χ0v) is 14.8. The lowest BCUT2D eigenvalue weighted by Crippen LogP contribution is -2.31. The zero-order valence-electron chi connectivity index (χ0n) is 14.8. The number of benzene rings is 2. The normalized spacial score (nSPS) is 14.8. The second kappa shape index (κ2) is 6.01. The molecule has 0 unspecified atom stereocenters. The van der Waals surface area contributed by atoms with Crippen LogP contribution in [0.25, 0.3) is 0 Å². The Labute approximate surface area is 154 Å². The summed E-state index contributed by atoms with van der Waals surface area (Å²) in [6.07, 6.45) is 0. The lowest BCUT2D eigenvalue weighted by Gasteiger charge is -2.23. The molecule has 0 N–H and O–H groups in total. The van der Waals surface area contributed by atoms with Crippen LogP contribution in [-0.4, -0.2) is 39.1 Å². The number of esters is 1. The molecule has 0 saturated carbocycles. The molecule has 4 rings (SSSR count). The van der Waals surface area contributed by atoms with E-state index < -0.39 is 17.8 Å². The number of ether oxygens (including phenoxy) is 4. The molecule has 0 fully saturated rings. The Kier molecular flexibility index (Phi) is 3.76. The molecule has 138 valence electrons. The summed E-state index contributed by atoms with van der Waals surface area (Å²) in [7, 11) is 4.17. The van der Waals surface area contributed by atoms with E-state index in [4.69, 9.17) is 18.9 Å². The molecule has 2 aromatic carbocycles. The second-order valence-electron chi connectivity index (χ2n) is 5.87. The van der Waals surface area contributed by atoms with Gasteiger partial charge in [0.15, 0.2) is 11.5 Å². The van der Waals surface area contributed by atoms with Gasteiger partial charge in [0.05, 0.1) is 43.6 Å². The molecule has 2 amide bonds. The minimum absolute atomic E-state index is 0.00106. The predicted octanol–water partition coefficient (Wildman–Crippen LogP) is 2.18. The lowest BCUT2D eigenvalue weighted by atomic mass is 10.0. The van der Waals surface area contributed by atoms with Gasteiger partial charge in [0.25, 0.3) is 11.8 Å². The number of hydrogen-bond donors (Lipinski definition) is 0. The molecule has 27 heavy (non-hydrogen) atoms. The average Bonchev–Trinajstić information content (AvgIpc) is 3.19. The number of nitrogens with zero attached hydrogens (tertiary/aromatic N) is 1. The number of amides is 2. The van der Waals surface area contributed by atoms with Gasteiger partial charge in [-0.25, -0.2) is 9.69 Å². The lowest BCUT2D eigenvalue weighted by molar-refractivity contribution is 0.0534. The third kappa shape index (κ3) is 2.13. The van der Waals surface area contributed by atoms with Gasteiger partial charge in [-0.3, -0.25) is 9.59 Å². The SMILES string of the molecule is COc1c2c(c(N3C(=O)c4ccccc4C3=O)c(OC)c1OC)C(=O)OC2. The number of hydrogen-bond acceptors (Lipinski definition) is 7. The fourth-order valence-electron chi connectivity index (χ4n) is 3.48. The molecule has 8 nitrogen and oxygen atoms in total. The molecule has 2 aliphatic rings. The highest BCUT2D eigenvalue weighted by atomic mass is 16.5. The van der Waals surface area contributed by atoms with E-state index in [2.05, 4.69) is 0 Å². The van der Waals surface area contributed by atoms with E-state index in [1.807, 2.05) is 0 Å². The maximum atomic E-state index is 13.0. The molecular formula is C19H15NO7. The number of anilines is 1. The van der Waals surface area contributed by atoms with Gasteiger partial charge < -0.3 is 18.9 Å². The second-order valence-corrected chi connectivity index (χ2v) is 5.87. The number of carbonyl (C=O) groups excluding carboxylic acids is 3. The largest absolute Gasteiger partial charge is 0.492 e. The molecule has 0 atom stereocenters. The molecule has 0 radical (unpaired) electrons. The Hall–Kier alpha value is -3.55. The van der Waals surface area contributed by atoms with E-state index in [-0.39, 0.29) is 46.2 Å². The molecule has 8 heteroatoms. The molecule has 2 aliphatic heterocycles. The molecular weight excluding hydrogens is 354 g/mol. The summed E-state index contributed by atoms with van der Waals surface area (Å²) < 4.78 is 21.3. The summed E-state index contributed by atoms with van der Waals surface area (Å²) in [5.74, 6) is -1.30. The molecule has 0 saturated heterocycles. The smallest absolute Gasteiger partial charge is 0.341 e. The van der Waals surface area contributed by atoms with Crippen molar-refractivity contribution in [1.82, 2.24) is 0 Å². The van der Waals surface area contributed by atoms with Crippen molar-refractivity contribution < 1.29 is 33.3 Å². The maximum absolute atomic E-state index is 13.0. The van der Waals surface area contributed by atoms with Crippen molar-refractivity contribution in [2.75, 3.05) is 26.2 Å². The van der Waals surface area contributed by atoms with Crippen LogP contribution in [0.5, 0.6) is 17.2 Å². The summed E-state index contributed by atoms with van der Waals surface area (Å²) in [5.41, 5.74) is 0.948. The summed E-state index contributed by atoms with van der Waals surface area (Å²) >= 11 is 0. The quantitative estimate of drug-likeness (QED) is 0.602. The number of carbonyl (C=O) groups is 3. The fourth-order valence-corrected chi connectivity index (χ4v) is 3.48. The van der Waals surface area contributed by atoms with Gasteiger partial charge in [0.1, 0.15) is 12.3 Å². The predicted molar refractivity (Wildman–Crippen MR) is 92.8 cm³/mol. The summed E-state index contributed by atoms with van der Waals surface area (Å²) in [5, 5.41) is 0. The van der Waals surface area contributed by atoms with Crippen LogP contribution in [0.1, 0.15) is 36.6 Å². The highest BCUT2D eigenvalue weighted by Crippen LogP contribution is 2.53. The number of fused-ring (bicyclic) bond motifs is 2. The van der Waals surface area contributed by atoms with E-state index in [0.29, 0.717) is 5.56 Å². The van der Waals surface area contributed by atoms with Crippen LogP contribution in [0, 0.1) is 0 Å². The Morgan fingerprint density at radius 2 is 1.41 bits per heavy atom. The van der Waals surface area contributed by atoms with Crippen molar-refractivity contribution in [1.29, 1.82) is 0 Å². The monoisotopic (exact) mass is 369 g/mol. The van der Waals surface area contributed by atoms with Crippen molar-refractivity contribution in [2.24, 2.45) is 0 Å². The fraction of sp³-hybridized carbons (Fsp3) is 0.211. The Morgan fingerprint density at radius 1 is 0.852 bits per heavy atom. The summed E-state index contributed by atoms with van der Waals surface area (Å²) in [6, 6.07) is 6.44. The van der Waals surface area contributed by atoms with Crippen molar-refractivity contribution in [2.45, 2.75) is 6.61 Å². The van der Waals surface area contributed by atoms with E-state index in [1.165, 1.54) is 21.3 Å². The Balaban J connectivity index is 2.05. The van der Waals surface area contributed by atoms with E-state index in [1.54, 1.807) is 24.3 Å². The molecule has 0 aliphatic carbocycles. The van der Waals surface area contributed by atoms with Crippen LogP contribution >= 0.6 is 0 Å². The van der Waals surface area contributed by atoms with Gasteiger partial charge in [0.2, 0.25) is 5.75 Å². The molecule has 2 heterocycles. The first-order valence-corrected chi connectivity index (χ1v) is 8.04. The minimum Gasteiger partial charge on any atom is -0.492 e. The zero-order chi connectivity index (χ0) is 19.3. The third-order valence-corrected chi connectivity index (χ3v) is 4.62. The highest BCUT2D eigenvalue weighted by Gasteiger charge is 2.45. The maximum Gasteiger partial charge on any atom is 0.341 e. The van der Waals surface area contributed by atoms with Crippen LogP contribution < -0.4 is 19.1 Å². The summed E-state index contributed by atoms with van der Waals surface area (Å²) in [6.45, 7) is -0.0616. The topological polar surface area (TPSA) is 91.4 Å². The first-order valence-electron chi connectivity index (χ1n) is 8.04. The van der Waals surface area contributed by atoms with E-state index >= 15 is 0 Å². The molecule has 2 aromatic rings. The van der Waals surface area contributed by atoms with Gasteiger partial charge >= 0.3 is 5.97 Å². The van der Waals surface area contributed by atoms with Gasteiger partial charge in [-0.05, 0) is 12.1 Å². The van der Waals surface area contributed by atoms with Crippen molar-refractivity contribution in [3.05, 3.63) is 46.5 Å². The van der Waals surface area contributed by atoms with Crippen LogP contribution in [0.4, 0.5) is 5.69 Å². The Morgan fingerprint density at radius 3 is 1.93 bits per heavy atom. The summed E-state index contributed by atoms with van der Waals surface area (Å²) in [4.78, 5) is 39.3. The minimum atomic E-state index is -0.671. The number of methoxy groups -OCH3 is 3. The number of rotatable bonds is 4. The van der Waals surface area contributed by atoms with Crippen LogP contribution in [0.3, 0.4) is 0 Å². The first kappa shape index (κ1) is 16.9. The van der Waals surface area contributed by atoms with E-state index in [0.717, 1.165) is 4.90 Å². The van der Waals surface area contributed by atoms with Gasteiger partial charge in [-0.2, -0.15) is 0 Å². The van der Waals surface area contributed by atoms with E-state index in [9.17, 15) is 14.4 Å². The average molecular weight is 369 g/mol. The molecule has 0 bridgehead atoms. The van der Waals surface area contributed by atoms with Crippen LogP contribution in [-0.2, 0) is 11.3 Å². The van der Waals surface area contributed by atoms with Gasteiger partial charge in [0, 0.05) is 0 Å². The standard InChI is InChI=1S/C19H15NO7/c1-24-14-11-8-27-19(23)12(11)13(15(25-2)16(14)26-3)20-17(21)9-6-4-5-7-10(9)18(20)22/h4-7H,8H2,1-3H3. The first-order chi connectivity index (χ1) is 13.0. The molecule has 0 aromatic heterocycles. The Bertz CT molecular complexity index is 977. The van der Waals surface area contributed by atoms with Gasteiger partial charge in [-0.1, -0.05) is 12.1 Å². The van der Waals surface area contributed by atoms with Crippen LogP contribution in [0.15, 0.2) is 24.3 Å². The van der Waals surface area contributed by atoms with Crippen molar-refractivity contribution in [3.63, 3.8) is 0 Å². The number of imide groups is 1. The van der Waals surface area contributed by atoms with Crippen LogP contribution in [0.2, 0.25) is 0 Å².